The van der Waals surface area contributed by atoms with Crippen LogP contribution in [0.1, 0.15) is 6.92 Å². The van der Waals surface area contributed by atoms with Crippen LogP contribution in [0.15, 0.2) is 54.7 Å². The highest BCUT2D eigenvalue weighted by Gasteiger charge is 2.30. The van der Waals surface area contributed by atoms with E-state index in [1.54, 1.807) is 0 Å². The molecule has 0 saturated carbocycles. The van der Waals surface area contributed by atoms with E-state index in [9.17, 15) is 4.79 Å². The van der Waals surface area contributed by atoms with Gasteiger partial charge in [0, 0.05) is 64.2 Å². The Balaban J connectivity index is 1.27. The lowest BCUT2D eigenvalue weighted by Gasteiger charge is -2.41. The average Bonchev–Trinajstić information content (AvgIpc) is 2.79. The lowest BCUT2D eigenvalue weighted by Crippen LogP contribution is -2.57. The number of hydrogen-bond donors (Lipinski definition) is 0. The molecule has 4 rings (SSSR count). The Bertz CT molecular complexity index is 753. The van der Waals surface area contributed by atoms with Crippen molar-refractivity contribution in [3.8, 4) is 0 Å². The van der Waals surface area contributed by atoms with Gasteiger partial charge in [0.25, 0.3) is 0 Å². The normalized spacial score (nSPS) is 19.5. The summed E-state index contributed by atoms with van der Waals surface area (Å²) in [5, 5.41) is 0. The molecule has 2 aromatic rings. The highest BCUT2D eigenvalue weighted by atomic mass is 16.2. The maximum Gasteiger partial charge on any atom is 0.239 e. The molecule has 2 saturated heterocycles. The molecule has 1 atom stereocenters. The number of para-hydroxylation sites is 1. The quantitative estimate of drug-likeness (QED) is 0.812. The average molecular weight is 380 g/mol. The molecule has 3 heterocycles. The SMILES string of the molecule is CC(C(=O)N1CCN(c2ccccc2)CC1)N1CCN(c2ccccn2)CC1. The van der Waals surface area contributed by atoms with E-state index >= 15 is 0 Å². The van der Waals surface area contributed by atoms with E-state index in [1.807, 2.05) is 29.3 Å². The van der Waals surface area contributed by atoms with Crippen molar-refractivity contribution in [1.82, 2.24) is 14.8 Å². The molecule has 0 aliphatic carbocycles. The number of anilines is 2. The number of pyridine rings is 1. The van der Waals surface area contributed by atoms with Gasteiger partial charge in [-0.3, -0.25) is 9.69 Å². The summed E-state index contributed by atoms with van der Waals surface area (Å²) in [5.74, 6) is 1.29. The molecule has 0 spiro atoms. The molecule has 1 aromatic carbocycles. The van der Waals surface area contributed by atoms with Crippen LogP contribution in [0.25, 0.3) is 0 Å². The van der Waals surface area contributed by atoms with Crippen LogP contribution < -0.4 is 9.80 Å². The van der Waals surface area contributed by atoms with Crippen molar-refractivity contribution < 1.29 is 4.79 Å². The van der Waals surface area contributed by atoms with Gasteiger partial charge in [-0.05, 0) is 31.2 Å². The standard InChI is InChI=1S/C22H29N5O/c1-19(24-11-15-26(16-12-24)21-9-5-6-10-23-21)22(28)27-17-13-25(14-18-27)20-7-3-2-4-8-20/h2-10,19H,11-18H2,1H3. The minimum absolute atomic E-state index is 0.0610. The van der Waals surface area contributed by atoms with Crippen molar-refractivity contribution in [3.63, 3.8) is 0 Å². The Morgan fingerprint density at radius 2 is 1.46 bits per heavy atom. The van der Waals surface area contributed by atoms with Crippen molar-refractivity contribution >= 4 is 17.4 Å². The summed E-state index contributed by atoms with van der Waals surface area (Å²) < 4.78 is 0. The van der Waals surface area contributed by atoms with Crippen LogP contribution in [0.3, 0.4) is 0 Å². The lowest BCUT2D eigenvalue weighted by atomic mass is 10.1. The minimum Gasteiger partial charge on any atom is -0.368 e. The van der Waals surface area contributed by atoms with Gasteiger partial charge in [0.2, 0.25) is 5.91 Å². The monoisotopic (exact) mass is 379 g/mol. The third-order valence-electron chi connectivity index (χ3n) is 5.91. The number of benzene rings is 1. The lowest BCUT2D eigenvalue weighted by molar-refractivity contribution is -0.136. The summed E-state index contributed by atoms with van der Waals surface area (Å²) in [6, 6.07) is 16.4. The molecule has 0 radical (unpaired) electrons. The molecule has 2 aliphatic heterocycles. The topological polar surface area (TPSA) is 42.9 Å². The predicted octanol–water partition coefficient (Wildman–Crippen LogP) is 1.94. The molecule has 1 unspecified atom stereocenters. The molecule has 2 aliphatic rings. The van der Waals surface area contributed by atoms with E-state index in [2.05, 4.69) is 56.9 Å². The van der Waals surface area contributed by atoms with Crippen LogP contribution in [-0.4, -0.2) is 79.1 Å². The number of rotatable bonds is 4. The van der Waals surface area contributed by atoms with E-state index in [0.717, 1.165) is 58.2 Å². The Morgan fingerprint density at radius 3 is 2.11 bits per heavy atom. The van der Waals surface area contributed by atoms with Gasteiger partial charge in [-0.15, -0.1) is 0 Å². The predicted molar refractivity (Wildman–Crippen MR) is 113 cm³/mol. The molecule has 28 heavy (non-hydrogen) atoms. The van der Waals surface area contributed by atoms with Gasteiger partial charge in [0.15, 0.2) is 0 Å². The molecule has 2 fully saturated rings. The van der Waals surface area contributed by atoms with Crippen LogP contribution in [0.5, 0.6) is 0 Å². The van der Waals surface area contributed by atoms with Crippen LogP contribution in [0.4, 0.5) is 11.5 Å². The highest BCUT2D eigenvalue weighted by molar-refractivity contribution is 5.81. The fraction of sp³-hybridized carbons (Fsp3) is 0.455. The second-order valence-electron chi connectivity index (χ2n) is 7.53. The number of piperazine rings is 2. The summed E-state index contributed by atoms with van der Waals surface area (Å²) in [4.78, 5) is 26.5. The van der Waals surface area contributed by atoms with Crippen molar-refractivity contribution in [2.24, 2.45) is 0 Å². The number of amides is 1. The zero-order valence-corrected chi connectivity index (χ0v) is 16.6. The van der Waals surface area contributed by atoms with Gasteiger partial charge in [-0.2, -0.15) is 0 Å². The maximum atomic E-state index is 13.0. The Labute approximate surface area is 167 Å². The minimum atomic E-state index is -0.0610. The molecular formula is C22H29N5O. The first kappa shape index (κ1) is 18.7. The van der Waals surface area contributed by atoms with Crippen molar-refractivity contribution in [2.75, 3.05) is 62.2 Å². The molecule has 1 aromatic heterocycles. The Morgan fingerprint density at radius 1 is 0.821 bits per heavy atom. The number of hydrogen-bond acceptors (Lipinski definition) is 5. The van der Waals surface area contributed by atoms with Crippen LogP contribution >= 0.6 is 0 Å². The fourth-order valence-electron chi connectivity index (χ4n) is 4.12. The largest absolute Gasteiger partial charge is 0.368 e. The highest BCUT2D eigenvalue weighted by Crippen LogP contribution is 2.18. The first-order valence-corrected chi connectivity index (χ1v) is 10.2. The van der Waals surface area contributed by atoms with Gasteiger partial charge in [-0.25, -0.2) is 4.98 Å². The first-order chi connectivity index (χ1) is 13.7. The van der Waals surface area contributed by atoms with E-state index in [0.29, 0.717) is 0 Å². The van der Waals surface area contributed by atoms with E-state index in [-0.39, 0.29) is 11.9 Å². The van der Waals surface area contributed by atoms with E-state index in [4.69, 9.17) is 0 Å². The summed E-state index contributed by atoms with van der Waals surface area (Å²) in [7, 11) is 0. The van der Waals surface area contributed by atoms with Crippen LogP contribution in [-0.2, 0) is 4.79 Å². The van der Waals surface area contributed by atoms with Crippen LogP contribution in [0.2, 0.25) is 0 Å². The number of carbonyl (C=O) groups is 1. The number of aromatic nitrogens is 1. The molecule has 0 bridgehead atoms. The fourth-order valence-corrected chi connectivity index (χ4v) is 4.12. The third-order valence-corrected chi connectivity index (χ3v) is 5.91. The first-order valence-electron chi connectivity index (χ1n) is 10.2. The molecule has 6 heteroatoms. The molecule has 6 nitrogen and oxygen atoms in total. The smallest absolute Gasteiger partial charge is 0.239 e. The van der Waals surface area contributed by atoms with Gasteiger partial charge >= 0.3 is 0 Å². The van der Waals surface area contributed by atoms with Crippen molar-refractivity contribution in [3.05, 3.63) is 54.7 Å². The van der Waals surface area contributed by atoms with E-state index < -0.39 is 0 Å². The van der Waals surface area contributed by atoms with Crippen LogP contribution in [0, 0.1) is 0 Å². The summed E-state index contributed by atoms with van der Waals surface area (Å²) in [5.41, 5.74) is 1.24. The Hall–Kier alpha value is -2.60. The Kier molecular flexibility index (Phi) is 5.76. The maximum absolute atomic E-state index is 13.0. The van der Waals surface area contributed by atoms with Gasteiger partial charge < -0.3 is 14.7 Å². The van der Waals surface area contributed by atoms with Crippen molar-refractivity contribution in [1.29, 1.82) is 0 Å². The molecule has 148 valence electrons. The summed E-state index contributed by atoms with van der Waals surface area (Å²) in [6.07, 6.45) is 1.84. The van der Waals surface area contributed by atoms with Gasteiger partial charge in [0.1, 0.15) is 5.82 Å². The number of carbonyl (C=O) groups excluding carboxylic acids is 1. The van der Waals surface area contributed by atoms with E-state index in [1.165, 1.54) is 5.69 Å². The molecule has 1 amide bonds. The zero-order chi connectivity index (χ0) is 19.3. The number of nitrogens with zero attached hydrogens (tertiary/aromatic N) is 5. The second kappa shape index (κ2) is 8.61. The molecular weight excluding hydrogens is 350 g/mol. The van der Waals surface area contributed by atoms with Gasteiger partial charge in [0.05, 0.1) is 6.04 Å². The van der Waals surface area contributed by atoms with Crippen molar-refractivity contribution in [2.45, 2.75) is 13.0 Å². The summed E-state index contributed by atoms with van der Waals surface area (Å²) >= 11 is 0. The summed E-state index contributed by atoms with van der Waals surface area (Å²) in [6.45, 7) is 9.07. The zero-order valence-electron chi connectivity index (χ0n) is 16.6. The second-order valence-corrected chi connectivity index (χ2v) is 7.53. The van der Waals surface area contributed by atoms with Gasteiger partial charge in [-0.1, -0.05) is 24.3 Å². The third kappa shape index (κ3) is 4.12. The molecule has 0 N–H and O–H groups in total.